The molecule has 4 nitrogen and oxygen atoms in total. The highest BCUT2D eigenvalue weighted by Gasteiger charge is 2.16. The van der Waals surface area contributed by atoms with Crippen molar-refractivity contribution in [1.82, 2.24) is 5.32 Å². The van der Waals surface area contributed by atoms with Gasteiger partial charge in [0.25, 0.3) is 5.91 Å². The molecule has 0 saturated carbocycles. The second-order valence-electron chi connectivity index (χ2n) is 5.15. The van der Waals surface area contributed by atoms with E-state index in [1.54, 1.807) is 38.1 Å². The van der Waals surface area contributed by atoms with Gasteiger partial charge in [0.05, 0.1) is 6.10 Å². The van der Waals surface area contributed by atoms with Crippen molar-refractivity contribution in [2.45, 2.75) is 39.4 Å². The fourth-order valence-corrected chi connectivity index (χ4v) is 2.06. The van der Waals surface area contributed by atoms with Crippen molar-refractivity contribution in [2.75, 3.05) is 6.54 Å². The molecule has 5 heteroatoms. The van der Waals surface area contributed by atoms with Crippen molar-refractivity contribution in [3.05, 3.63) is 29.3 Å². The topological polar surface area (TPSA) is 58.6 Å². The number of amides is 1. The number of halogens is 1. The molecule has 1 aromatic rings. The monoisotopic (exact) mass is 299 g/mol. The summed E-state index contributed by atoms with van der Waals surface area (Å²) < 4.78 is 5.52. The summed E-state index contributed by atoms with van der Waals surface area (Å²) in [6.07, 6.45) is -0.293. The van der Waals surface area contributed by atoms with E-state index >= 15 is 0 Å². The van der Waals surface area contributed by atoms with Crippen LogP contribution in [0.2, 0.25) is 5.02 Å². The molecule has 0 saturated heterocycles. The van der Waals surface area contributed by atoms with E-state index in [1.165, 1.54) is 0 Å². The predicted octanol–water partition coefficient (Wildman–Crippen LogP) is 2.63. The number of rotatable bonds is 7. The Labute approximate surface area is 125 Å². The number of ether oxygens (including phenoxy) is 1. The zero-order chi connectivity index (χ0) is 15.1. The fourth-order valence-electron chi connectivity index (χ4n) is 1.88. The van der Waals surface area contributed by atoms with Gasteiger partial charge in [-0.1, -0.05) is 24.6 Å². The summed E-state index contributed by atoms with van der Waals surface area (Å²) in [5.74, 6) is 0.608. The zero-order valence-corrected chi connectivity index (χ0v) is 12.9. The summed E-state index contributed by atoms with van der Waals surface area (Å²) in [5.41, 5.74) is 0. The summed E-state index contributed by atoms with van der Waals surface area (Å²) in [6.45, 7) is 5.93. The predicted molar refractivity (Wildman–Crippen MR) is 80.0 cm³/mol. The van der Waals surface area contributed by atoms with E-state index in [9.17, 15) is 9.90 Å². The number of benzene rings is 1. The largest absolute Gasteiger partial charge is 0.481 e. The highest BCUT2D eigenvalue weighted by molar-refractivity contribution is 6.30. The van der Waals surface area contributed by atoms with Gasteiger partial charge in [0.15, 0.2) is 6.10 Å². The standard InChI is InChI=1S/C15H22ClNO3/c1-10(7-11(2)18)9-17-15(19)12(3)20-14-6-4-5-13(16)8-14/h4-6,8,10-12,18H,7,9H2,1-3H3,(H,17,19). The second-order valence-corrected chi connectivity index (χ2v) is 5.59. The highest BCUT2D eigenvalue weighted by Crippen LogP contribution is 2.18. The van der Waals surface area contributed by atoms with Crippen LogP contribution in [0.25, 0.3) is 0 Å². The third-order valence-corrected chi connectivity index (χ3v) is 3.08. The first-order chi connectivity index (χ1) is 9.38. The second kappa shape index (κ2) is 8.12. The van der Waals surface area contributed by atoms with E-state index in [0.29, 0.717) is 23.7 Å². The van der Waals surface area contributed by atoms with Crippen molar-refractivity contribution in [1.29, 1.82) is 0 Å². The molecule has 0 bridgehead atoms. The van der Waals surface area contributed by atoms with Gasteiger partial charge in [-0.25, -0.2) is 0 Å². The molecule has 0 heterocycles. The Morgan fingerprint density at radius 2 is 2.10 bits per heavy atom. The van der Waals surface area contributed by atoms with Gasteiger partial charge in [-0.3, -0.25) is 4.79 Å². The van der Waals surface area contributed by atoms with Crippen LogP contribution < -0.4 is 10.1 Å². The molecule has 0 spiro atoms. The Morgan fingerprint density at radius 1 is 1.40 bits per heavy atom. The minimum Gasteiger partial charge on any atom is -0.481 e. The van der Waals surface area contributed by atoms with Gasteiger partial charge in [-0.05, 0) is 44.4 Å². The van der Waals surface area contributed by atoms with Crippen LogP contribution >= 0.6 is 11.6 Å². The molecule has 1 amide bonds. The van der Waals surface area contributed by atoms with Gasteiger partial charge in [-0.2, -0.15) is 0 Å². The summed E-state index contributed by atoms with van der Waals surface area (Å²) in [4.78, 5) is 11.9. The lowest BCUT2D eigenvalue weighted by Crippen LogP contribution is -2.38. The Kier molecular flexibility index (Phi) is 6.82. The quantitative estimate of drug-likeness (QED) is 0.814. The molecule has 3 atom stereocenters. The average molecular weight is 300 g/mol. The summed E-state index contributed by atoms with van der Waals surface area (Å²) in [6, 6.07) is 6.94. The molecule has 0 aliphatic rings. The van der Waals surface area contributed by atoms with Crippen molar-refractivity contribution < 1.29 is 14.6 Å². The lowest BCUT2D eigenvalue weighted by Gasteiger charge is -2.18. The number of nitrogens with one attached hydrogen (secondary N) is 1. The van der Waals surface area contributed by atoms with Crippen molar-refractivity contribution >= 4 is 17.5 Å². The molecule has 0 fully saturated rings. The molecule has 20 heavy (non-hydrogen) atoms. The summed E-state index contributed by atoms with van der Waals surface area (Å²) in [7, 11) is 0. The molecule has 1 aromatic carbocycles. The molecular formula is C15H22ClNO3. The maximum Gasteiger partial charge on any atom is 0.260 e. The van der Waals surface area contributed by atoms with Gasteiger partial charge in [-0.15, -0.1) is 0 Å². The van der Waals surface area contributed by atoms with Crippen LogP contribution in [0.5, 0.6) is 5.75 Å². The smallest absolute Gasteiger partial charge is 0.260 e. The fraction of sp³-hybridized carbons (Fsp3) is 0.533. The Bertz CT molecular complexity index is 437. The number of carbonyl (C=O) groups is 1. The number of aliphatic hydroxyl groups is 1. The number of hydrogen-bond acceptors (Lipinski definition) is 3. The van der Waals surface area contributed by atoms with E-state index in [-0.39, 0.29) is 17.9 Å². The van der Waals surface area contributed by atoms with E-state index in [0.717, 1.165) is 0 Å². The lowest BCUT2D eigenvalue weighted by molar-refractivity contribution is -0.127. The van der Waals surface area contributed by atoms with E-state index in [1.807, 2.05) is 6.92 Å². The Morgan fingerprint density at radius 3 is 2.70 bits per heavy atom. The molecular weight excluding hydrogens is 278 g/mol. The molecule has 0 aliphatic carbocycles. The Hall–Kier alpha value is -1.26. The van der Waals surface area contributed by atoms with Crippen LogP contribution in [0, 0.1) is 5.92 Å². The molecule has 112 valence electrons. The number of hydrogen-bond donors (Lipinski definition) is 2. The molecule has 2 N–H and O–H groups in total. The first kappa shape index (κ1) is 16.8. The first-order valence-electron chi connectivity index (χ1n) is 6.76. The third kappa shape index (κ3) is 6.26. The van der Waals surface area contributed by atoms with Gasteiger partial charge >= 0.3 is 0 Å². The van der Waals surface area contributed by atoms with Crippen molar-refractivity contribution in [2.24, 2.45) is 5.92 Å². The third-order valence-electron chi connectivity index (χ3n) is 2.85. The lowest BCUT2D eigenvalue weighted by atomic mass is 10.0. The average Bonchev–Trinajstić information content (AvgIpc) is 2.35. The SMILES string of the molecule is CC(O)CC(C)CNC(=O)C(C)Oc1cccc(Cl)c1. The molecule has 3 unspecified atom stereocenters. The van der Waals surface area contributed by atoms with Crippen LogP contribution in [-0.4, -0.2) is 29.8 Å². The molecule has 0 radical (unpaired) electrons. The van der Waals surface area contributed by atoms with Crippen molar-refractivity contribution in [3.63, 3.8) is 0 Å². The van der Waals surface area contributed by atoms with Crippen LogP contribution in [0.4, 0.5) is 0 Å². The van der Waals surface area contributed by atoms with Crippen LogP contribution in [0.15, 0.2) is 24.3 Å². The van der Waals surface area contributed by atoms with Crippen LogP contribution in [-0.2, 0) is 4.79 Å². The normalized spacial score (nSPS) is 15.2. The first-order valence-corrected chi connectivity index (χ1v) is 7.14. The maximum atomic E-state index is 11.9. The van der Waals surface area contributed by atoms with Gasteiger partial charge in [0, 0.05) is 11.6 Å². The number of carbonyl (C=O) groups excluding carboxylic acids is 1. The van der Waals surface area contributed by atoms with Gasteiger partial charge < -0.3 is 15.2 Å². The Balaban J connectivity index is 2.39. The number of aliphatic hydroxyl groups excluding tert-OH is 1. The molecule has 1 rings (SSSR count). The summed E-state index contributed by atoms with van der Waals surface area (Å²) in [5, 5.41) is 12.7. The van der Waals surface area contributed by atoms with E-state index < -0.39 is 6.10 Å². The van der Waals surface area contributed by atoms with E-state index in [2.05, 4.69) is 5.32 Å². The molecule has 0 aromatic heterocycles. The highest BCUT2D eigenvalue weighted by atomic mass is 35.5. The summed E-state index contributed by atoms with van der Waals surface area (Å²) >= 11 is 5.85. The maximum absolute atomic E-state index is 11.9. The van der Waals surface area contributed by atoms with Crippen LogP contribution in [0.1, 0.15) is 27.2 Å². The van der Waals surface area contributed by atoms with E-state index in [4.69, 9.17) is 16.3 Å². The van der Waals surface area contributed by atoms with Crippen LogP contribution in [0.3, 0.4) is 0 Å². The van der Waals surface area contributed by atoms with Gasteiger partial charge in [0.2, 0.25) is 0 Å². The molecule has 0 aliphatic heterocycles. The van der Waals surface area contributed by atoms with Gasteiger partial charge in [0.1, 0.15) is 5.75 Å². The minimum absolute atomic E-state index is 0.178. The van der Waals surface area contributed by atoms with Crippen molar-refractivity contribution in [3.8, 4) is 5.75 Å². The zero-order valence-electron chi connectivity index (χ0n) is 12.1. The minimum atomic E-state index is -0.591.